The first-order valence-corrected chi connectivity index (χ1v) is 6.82. The van der Waals surface area contributed by atoms with E-state index in [4.69, 9.17) is 4.74 Å². The number of ether oxygens (including phenoxy) is 1. The fourth-order valence-corrected chi connectivity index (χ4v) is 2.24. The van der Waals surface area contributed by atoms with Gasteiger partial charge in [0, 0.05) is 12.0 Å². The van der Waals surface area contributed by atoms with Gasteiger partial charge in [-0.1, -0.05) is 20.3 Å². The van der Waals surface area contributed by atoms with Crippen molar-refractivity contribution in [1.29, 1.82) is 0 Å². The second-order valence-electron chi connectivity index (χ2n) is 5.10. The lowest BCUT2D eigenvalue weighted by molar-refractivity contribution is -0.140. The zero-order chi connectivity index (χ0) is 14.7. The summed E-state index contributed by atoms with van der Waals surface area (Å²) in [7, 11) is 0. The van der Waals surface area contributed by atoms with E-state index in [0.717, 1.165) is 17.7 Å². The molecule has 2 unspecified atom stereocenters. The molecule has 108 valence electrons. The third-order valence-electron chi connectivity index (χ3n) is 3.72. The van der Waals surface area contributed by atoms with Crippen LogP contribution in [0.25, 0.3) is 0 Å². The summed E-state index contributed by atoms with van der Waals surface area (Å²) in [6.45, 7) is 4.35. The van der Waals surface area contributed by atoms with E-state index in [0.29, 0.717) is 18.6 Å². The van der Waals surface area contributed by atoms with Crippen LogP contribution >= 0.6 is 0 Å². The molecule has 5 nitrogen and oxygen atoms in total. The van der Waals surface area contributed by atoms with Crippen molar-refractivity contribution in [2.24, 2.45) is 5.92 Å². The van der Waals surface area contributed by atoms with Crippen molar-refractivity contribution in [3.63, 3.8) is 0 Å². The topological polar surface area (TPSA) is 75.6 Å². The van der Waals surface area contributed by atoms with Gasteiger partial charge in [0.2, 0.25) is 0 Å². The number of amides is 1. The van der Waals surface area contributed by atoms with E-state index in [-0.39, 0.29) is 11.8 Å². The molecule has 1 heterocycles. The molecule has 2 rings (SSSR count). The summed E-state index contributed by atoms with van der Waals surface area (Å²) in [5, 5.41) is 11.8. The highest BCUT2D eigenvalue weighted by Gasteiger charge is 2.26. The Morgan fingerprint density at radius 2 is 2.20 bits per heavy atom. The van der Waals surface area contributed by atoms with Crippen LogP contribution in [0, 0.1) is 5.92 Å². The number of carbonyl (C=O) groups excluding carboxylic acids is 1. The van der Waals surface area contributed by atoms with E-state index < -0.39 is 12.0 Å². The predicted molar refractivity (Wildman–Crippen MR) is 74.0 cm³/mol. The number of carbonyl (C=O) groups is 2. The minimum absolute atomic E-state index is 0.116. The van der Waals surface area contributed by atoms with E-state index in [1.165, 1.54) is 0 Å². The Kier molecular flexibility index (Phi) is 4.27. The number of carboxylic acid groups (broad SMARTS) is 1. The summed E-state index contributed by atoms with van der Waals surface area (Å²) in [6, 6.07) is 4.33. The second-order valence-corrected chi connectivity index (χ2v) is 5.10. The van der Waals surface area contributed by atoms with Crippen molar-refractivity contribution in [2.45, 2.75) is 32.7 Å². The molecule has 20 heavy (non-hydrogen) atoms. The zero-order valence-electron chi connectivity index (χ0n) is 11.7. The normalized spacial score (nSPS) is 15.9. The van der Waals surface area contributed by atoms with Crippen LogP contribution in [-0.4, -0.2) is 29.6 Å². The van der Waals surface area contributed by atoms with Gasteiger partial charge >= 0.3 is 5.97 Å². The van der Waals surface area contributed by atoms with Gasteiger partial charge in [0.25, 0.3) is 5.91 Å². The molecule has 1 aromatic carbocycles. The fourth-order valence-electron chi connectivity index (χ4n) is 2.24. The van der Waals surface area contributed by atoms with Crippen molar-refractivity contribution in [3.05, 3.63) is 29.3 Å². The summed E-state index contributed by atoms with van der Waals surface area (Å²) in [5.41, 5.74) is 1.47. The Bertz CT molecular complexity index is 527. The average Bonchev–Trinajstić information content (AvgIpc) is 2.90. The maximum Gasteiger partial charge on any atom is 0.326 e. The lowest BCUT2D eigenvalue weighted by Crippen LogP contribution is -2.45. The van der Waals surface area contributed by atoms with Crippen molar-refractivity contribution in [3.8, 4) is 5.75 Å². The Hall–Kier alpha value is -2.04. The third-order valence-corrected chi connectivity index (χ3v) is 3.72. The van der Waals surface area contributed by atoms with E-state index in [9.17, 15) is 14.7 Å². The number of benzene rings is 1. The Morgan fingerprint density at radius 1 is 1.45 bits per heavy atom. The molecule has 0 spiro atoms. The maximum absolute atomic E-state index is 12.2. The molecule has 2 atom stereocenters. The lowest BCUT2D eigenvalue weighted by atomic mass is 9.98. The van der Waals surface area contributed by atoms with Gasteiger partial charge in [-0.05, 0) is 29.7 Å². The van der Waals surface area contributed by atoms with E-state index in [1.54, 1.807) is 18.2 Å². The van der Waals surface area contributed by atoms with Gasteiger partial charge in [0.1, 0.15) is 11.8 Å². The number of nitrogens with one attached hydrogen (secondary N) is 1. The molecule has 0 saturated carbocycles. The summed E-state index contributed by atoms with van der Waals surface area (Å²) >= 11 is 0. The molecule has 0 bridgehead atoms. The van der Waals surface area contributed by atoms with Crippen molar-refractivity contribution < 1.29 is 19.4 Å². The average molecular weight is 277 g/mol. The Balaban J connectivity index is 2.12. The van der Waals surface area contributed by atoms with Crippen LogP contribution < -0.4 is 10.1 Å². The first-order valence-electron chi connectivity index (χ1n) is 6.82. The highest BCUT2D eigenvalue weighted by Crippen LogP contribution is 2.25. The van der Waals surface area contributed by atoms with Crippen molar-refractivity contribution in [1.82, 2.24) is 5.32 Å². The molecule has 0 radical (unpaired) electrons. The summed E-state index contributed by atoms with van der Waals surface area (Å²) < 4.78 is 5.38. The first kappa shape index (κ1) is 14.4. The summed E-state index contributed by atoms with van der Waals surface area (Å²) in [4.78, 5) is 23.4. The van der Waals surface area contributed by atoms with Gasteiger partial charge in [-0.2, -0.15) is 0 Å². The number of rotatable bonds is 5. The Morgan fingerprint density at radius 3 is 2.85 bits per heavy atom. The van der Waals surface area contributed by atoms with Gasteiger partial charge in [-0.15, -0.1) is 0 Å². The Labute approximate surface area is 117 Å². The molecule has 1 aromatic rings. The van der Waals surface area contributed by atoms with Crippen LogP contribution in [0.15, 0.2) is 18.2 Å². The zero-order valence-corrected chi connectivity index (χ0v) is 11.7. The standard InChI is InChI=1S/C15H19NO4/c1-3-9(2)13(15(18)19)16-14(17)11-4-5-12-10(8-11)6-7-20-12/h4-5,8-9,13H,3,6-7H2,1-2H3,(H,16,17)(H,18,19). The molecule has 1 amide bonds. The molecular weight excluding hydrogens is 258 g/mol. The van der Waals surface area contributed by atoms with E-state index in [2.05, 4.69) is 5.32 Å². The largest absolute Gasteiger partial charge is 0.493 e. The predicted octanol–water partition coefficient (Wildman–Crippen LogP) is 1.85. The molecule has 0 aromatic heterocycles. The minimum Gasteiger partial charge on any atom is -0.493 e. The van der Waals surface area contributed by atoms with Crippen LogP contribution in [0.5, 0.6) is 5.75 Å². The highest BCUT2D eigenvalue weighted by atomic mass is 16.5. The van der Waals surface area contributed by atoms with Crippen molar-refractivity contribution in [2.75, 3.05) is 6.61 Å². The van der Waals surface area contributed by atoms with Gasteiger partial charge in [0.15, 0.2) is 0 Å². The van der Waals surface area contributed by atoms with Crippen LogP contribution in [0.2, 0.25) is 0 Å². The third kappa shape index (κ3) is 2.92. The van der Waals surface area contributed by atoms with Crippen molar-refractivity contribution >= 4 is 11.9 Å². The molecule has 0 aliphatic carbocycles. The maximum atomic E-state index is 12.2. The monoisotopic (exact) mass is 277 g/mol. The smallest absolute Gasteiger partial charge is 0.326 e. The van der Waals surface area contributed by atoms with Crippen LogP contribution in [0.3, 0.4) is 0 Å². The molecule has 2 N–H and O–H groups in total. The molecule has 0 saturated heterocycles. The van der Waals surface area contributed by atoms with E-state index in [1.807, 2.05) is 13.8 Å². The first-order chi connectivity index (χ1) is 9.52. The van der Waals surface area contributed by atoms with Gasteiger partial charge in [-0.25, -0.2) is 4.79 Å². The van der Waals surface area contributed by atoms with Gasteiger partial charge in [0.05, 0.1) is 6.61 Å². The van der Waals surface area contributed by atoms with Crippen LogP contribution in [0.4, 0.5) is 0 Å². The van der Waals surface area contributed by atoms with Gasteiger partial charge in [-0.3, -0.25) is 4.79 Å². The number of hydrogen-bond acceptors (Lipinski definition) is 3. The van der Waals surface area contributed by atoms with Gasteiger partial charge < -0.3 is 15.2 Å². The molecule has 1 aliphatic rings. The number of aliphatic carboxylic acids is 1. The van der Waals surface area contributed by atoms with Crippen LogP contribution in [0.1, 0.15) is 36.2 Å². The number of hydrogen-bond donors (Lipinski definition) is 2. The second kappa shape index (κ2) is 5.94. The number of carboxylic acids is 1. The quantitative estimate of drug-likeness (QED) is 0.861. The molecule has 5 heteroatoms. The summed E-state index contributed by atoms with van der Waals surface area (Å²) in [6.07, 6.45) is 1.47. The highest BCUT2D eigenvalue weighted by molar-refractivity contribution is 5.97. The molecular formula is C15H19NO4. The van der Waals surface area contributed by atoms with Crippen LogP contribution in [-0.2, 0) is 11.2 Å². The minimum atomic E-state index is -1.00. The molecule has 1 aliphatic heterocycles. The molecule has 0 fully saturated rings. The lowest BCUT2D eigenvalue weighted by Gasteiger charge is -2.20. The number of fused-ring (bicyclic) bond motifs is 1. The summed E-state index contributed by atoms with van der Waals surface area (Å²) in [5.74, 6) is -0.669. The fraction of sp³-hybridized carbons (Fsp3) is 0.467. The SMILES string of the molecule is CCC(C)C(NC(=O)c1ccc2c(c1)CCO2)C(=O)O. The van der Waals surface area contributed by atoms with E-state index >= 15 is 0 Å².